The van der Waals surface area contributed by atoms with Gasteiger partial charge in [-0.15, -0.1) is 0 Å². The van der Waals surface area contributed by atoms with Crippen LogP contribution in [-0.2, 0) is 15.7 Å². The van der Waals surface area contributed by atoms with Crippen molar-refractivity contribution in [1.29, 1.82) is 0 Å². The number of ether oxygens (including phenoxy) is 1. The largest absolute Gasteiger partial charge is 0.466 e. The van der Waals surface area contributed by atoms with Crippen LogP contribution in [-0.4, -0.2) is 12.6 Å². The van der Waals surface area contributed by atoms with Gasteiger partial charge in [-0.3, -0.25) is 4.79 Å². The summed E-state index contributed by atoms with van der Waals surface area (Å²) in [5.74, 6) is -1.30. The molecule has 0 spiro atoms. The fourth-order valence-corrected chi connectivity index (χ4v) is 3.74. The predicted molar refractivity (Wildman–Crippen MR) is 96.1 cm³/mol. The molecule has 0 aliphatic heterocycles. The van der Waals surface area contributed by atoms with Crippen molar-refractivity contribution in [2.24, 2.45) is 0 Å². The second-order valence-corrected chi connectivity index (χ2v) is 6.38. The van der Waals surface area contributed by atoms with Crippen LogP contribution in [0.2, 0.25) is 0 Å². The van der Waals surface area contributed by atoms with Crippen molar-refractivity contribution in [3.63, 3.8) is 0 Å². The van der Waals surface area contributed by atoms with E-state index in [0.29, 0.717) is 22.3 Å². The van der Waals surface area contributed by atoms with E-state index in [2.05, 4.69) is 0 Å². The molecule has 0 amide bonds. The molecule has 0 heterocycles. The smallest absolute Gasteiger partial charge is 0.416 e. The van der Waals surface area contributed by atoms with Gasteiger partial charge < -0.3 is 4.74 Å². The fraction of sp³-hybridized carbons (Fsp3) is 0.381. The van der Waals surface area contributed by atoms with Gasteiger partial charge in [-0.05, 0) is 68.0 Å². The fourth-order valence-electron chi connectivity index (χ4n) is 3.74. The number of esters is 1. The first-order valence-electron chi connectivity index (χ1n) is 8.54. The maximum Gasteiger partial charge on any atom is 0.416 e. The Kier molecular flexibility index (Phi) is 5.79. The summed E-state index contributed by atoms with van der Waals surface area (Å²) in [6.07, 6.45) is -4.51. The Balaban J connectivity index is 2.86. The van der Waals surface area contributed by atoms with Gasteiger partial charge in [-0.25, -0.2) is 0 Å². The number of rotatable bonds is 4. The third-order valence-electron chi connectivity index (χ3n) is 4.73. The minimum absolute atomic E-state index is 0.0905. The molecule has 0 saturated carbocycles. The number of carbonyl (C=O) groups excluding carboxylic acids is 1. The Morgan fingerprint density at radius 2 is 1.62 bits per heavy atom. The maximum atomic E-state index is 13.8. The van der Waals surface area contributed by atoms with Gasteiger partial charge in [0.1, 0.15) is 0 Å². The third-order valence-corrected chi connectivity index (χ3v) is 4.73. The predicted octanol–water partition coefficient (Wildman–Crippen LogP) is 5.96. The molecular formula is C21H23F3O2. The lowest BCUT2D eigenvalue weighted by Crippen LogP contribution is -2.20. The molecule has 0 aliphatic rings. The van der Waals surface area contributed by atoms with Crippen LogP contribution in [0.4, 0.5) is 13.2 Å². The molecule has 0 N–H and O–H groups in total. The van der Waals surface area contributed by atoms with Crippen LogP contribution in [0.5, 0.6) is 0 Å². The van der Waals surface area contributed by atoms with Crippen molar-refractivity contribution in [1.82, 2.24) is 0 Å². The number of hydrogen-bond donors (Lipinski definition) is 0. The number of benzene rings is 2. The van der Waals surface area contributed by atoms with Gasteiger partial charge in [0.2, 0.25) is 0 Å². The zero-order valence-electron chi connectivity index (χ0n) is 15.6. The SMILES string of the molecule is CCOC(=O)C(C)c1c(C)c(-c2ccccc2)c(C)c(C(F)(F)F)c1C. The first-order valence-corrected chi connectivity index (χ1v) is 8.54. The Morgan fingerprint density at radius 1 is 1.04 bits per heavy atom. The first-order chi connectivity index (χ1) is 12.1. The van der Waals surface area contributed by atoms with E-state index < -0.39 is 23.6 Å². The van der Waals surface area contributed by atoms with Gasteiger partial charge in [0.05, 0.1) is 18.1 Å². The van der Waals surface area contributed by atoms with Gasteiger partial charge in [-0.2, -0.15) is 13.2 Å². The van der Waals surface area contributed by atoms with Crippen LogP contribution in [0.3, 0.4) is 0 Å². The number of halogens is 3. The lowest BCUT2D eigenvalue weighted by molar-refractivity contribution is -0.145. The van der Waals surface area contributed by atoms with Crippen LogP contribution < -0.4 is 0 Å². The lowest BCUT2D eigenvalue weighted by Gasteiger charge is -2.26. The standard InChI is InChI=1S/C21H23F3O2/c1-6-26-20(25)15(5)17-12(2)18(16-10-8-7-9-11-16)14(4)19(13(17)3)21(22,23)24/h7-11,15H,6H2,1-5H3. The molecule has 0 fully saturated rings. The zero-order chi connectivity index (χ0) is 19.6. The van der Waals surface area contributed by atoms with Gasteiger partial charge >= 0.3 is 12.1 Å². The van der Waals surface area contributed by atoms with E-state index in [1.807, 2.05) is 6.07 Å². The topological polar surface area (TPSA) is 26.3 Å². The monoisotopic (exact) mass is 364 g/mol. The van der Waals surface area contributed by atoms with Crippen molar-refractivity contribution >= 4 is 5.97 Å². The molecule has 0 radical (unpaired) electrons. The van der Waals surface area contributed by atoms with Crippen LogP contribution >= 0.6 is 0 Å². The highest BCUT2D eigenvalue weighted by atomic mass is 19.4. The highest BCUT2D eigenvalue weighted by Gasteiger charge is 2.38. The molecule has 1 atom stereocenters. The molecule has 0 saturated heterocycles. The number of hydrogen-bond acceptors (Lipinski definition) is 2. The molecule has 2 rings (SSSR count). The summed E-state index contributed by atoms with van der Waals surface area (Å²) in [5.41, 5.74) is 1.89. The Bertz CT molecular complexity index is 808. The van der Waals surface area contributed by atoms with Crippen molar-refractivity contribution in [3.05, 3.63) is 58.1 Å². The summed E-state index contributed by atoms with van der Waals surface area (Å²) < 4.78 is 46.5. The van der Waals surface area contributed by atoms with Crippen LogP contribution in [0, 0.1) is 20.8 Å². The van der Waals surface area contributed by atoms with Crippen LogP contribution in [0.15, 0.2) is 30.3 Å². The zero-order valence-corrected chi connectivity index (χ0v) is 15.6. The summed E-state index contributed by atoms with van der Waals surface area (Å²) in [6.45, 7) is 8.15. The van der Waals surface area contributed by atoms with Crippen LogP contribution in [0.25, 0.3) is 11.1 Å². The van der Waals surface area contributed by atoms with Gasteiger partial charge in [0, 0.05) is 0 Å². The van der Waals surface area contributed by atoms with Crippen molar-refractivity contribution in [3.8, 4) is 11.1 Å². The molecule has 0 bridgehead atoms. The molecule has 0 aromatic heterocycles. The molecule has 1 unspecified atom stereocenters. The van der Waals surface area contributed by atoms with E-state index in [-0.39, 0.29) is 17.7 Å². The molecule has 140 valence electrons. The van der Waals surface area contributed by atoms with E-state index in [0.717, 1.165) is 0 Å². The second kappa shape index (κ2) is 7.52. The average Bonchev–Trinajstić information content (AvgIpc) is 2.54. The normalized spacial score (nSPS) is 12.8. The van der Waals surface area contributed by atoms with Gasteiger partial charge in [0.15, 0.2) is 0 Å². The molecule has 5 heteroatoms. The van der Waals surface area contributed by atoms with E-state index in [1.54, 1.807) is 45.0 Å². The van der Waals surface area contributed by atoms with Gasteiger partial charge in [0.25, 0.3) is 0 Å². The second-order valence-electron chi connectivity index (χ2n) is 6.38. The number of carbonyl (C=O) groups is 1. The highest BCUT2D eigenvalue weighted by molar-refractivity contribution is 5.83. The molecule has 2 aromatic rings. The minimum Gasteiger partial charge on any atom is -0.466 e. The Labute approximate surface area is 152 Å². The minimum atomic E-state index is -4.51. The maximum absolute atomic E-state index is 13.8. The quantitative estimate of drug-likeness (QED) is 0.625. The Hall–Kier alpha value is -2.30. The summed E-state index contributed by atoms with van der Waals surface area (Å²) in [6, 6.07) is 8.95. The summed E-state index contributed by atoms with van der Waals surface area (Å²) >= 11 is 0. The highest BCUT2D eigenvalue weighted by Crippen LogP contribution is 2.44. The molecule has 2 nitrogen and oxygen atoms in total. The summed E-state index contributed by atoms with van der Waals surface area (Å²) in [4.78, 5) is 12.2. The van der Waals surface area contributed by atoms with E-state index in [9.17, 15) is 18.0 Å². The molecule has 26 heavy (non-hydrogen) atoms. The molecule has 0 aliphatic carbocycles. The number of alkyl halides is 3. The van der Waals surface area contributed by atoms with Crippen molar-refractivity contribution in [2.75, 3.05) is 6.61 Å². The van der Waals surface area contributed by atoms with Gasteiger partial charge in [-0.1, -0.05) is 30.3 Å². The third kappa shape index (κ3) is 3.62. The van der Waals surface area contributed by atoms with Crippen LogP contribution in [0.1, 0.15) is 47.6 Å². The van der Waals surface area contributed by atoms with E-state index in [1.165, 1.54) is 13.8 Å². The molecular weight excluding hydrogens is 341 g/mol. The molecule has 2 aromatic carbocycles. The summed E-state index contributed by atoms with van der Waals surface area (Å²) in [5, 5.41) is 0. The average molecular weight is 364 g/mol. The van der Waals surface area contributed by atoms with E-state index >= 15 is 0 Å². The Morgan fingerprint density at radius 3 is 2.12 bits per heavy atom. The van der Waals surface area contributed by atoms with Crippen molar-refractivity contribution in [2.45, 2.75) is 46.7 Å². The van der Waals surface area contributed by atoms with E-state index in [4.69, 9.17) is 4.74 Å². The lowest BCUT2D eigenvalue weighted by atomic mass is 9.81. The summed E-state index contributed by atoms with van der Waals surface area (Å²) in [7, 11) is 0. The first kappa shape index (κ1) is 20.0. The van der Waals surface area contributed by atoms with Crippen molar-refractivity contribution < 1.29 is 22.7 Å².